The van der Waals surface area contributed by atoms with Crippen LogP contribution in [0.1, 0.15) is 67.3 Å². The molecule has 0 atom stereocenters. The number of nitrogens with one attached hydrogen (secondary N) is 1. The molecule has 0 saturated carbocycles. The van der Waals surface area contributed by atoms with E-state index in [-0.39, 0.29) is 11.5 Å². The normalized spacial score (nSPS) is 11.1. The van der Waals surface area contributed by atoms with E-state index >= 15 is 0 Å². The molecule has 0 aliphatic heterocycles. The Morgan fingerprint density at radius 2 is 1.71 bits per heavy atom. The number of hydrogen-bond acceptors (Lipinski definition) is 8. The Labute approximate surface area is 243 Å². The SMILES string of the molecule is CCOC(=O)c1cccc(NC(=O)CCCCCCCSc2nnc(Cc3nn(C)c(=O)c4ccccc34)n2C)c1. The van der Waals surface area contributed by atoms with Gasteiger partial charge in [-0.25, -0.2) is 9.48 Å². The number of hydrogen-bond donors (Lipinski definition) is 1. The van der Waals surface area contributed by atoms with Crippen LogP contribution in [0.3, 0.4) is 0 Å². The number of thioether (sulfide) groups is 1. The molecule has 1 N–H and O–H groups in total. The van der Waals surface area contributed by atoms with Crippen molar-refractivity contribution in [2.45, 2.75) is 57.0 Å². The number of esters is 1. The van der Waals surface area contributed by atoms with Gasteiger partial charge in [0.25, 0.3) is 5.56 Å². The van der Waals surface area contributed by atoms with Crippen LogP contribution in [0.15, 0.2) is 58.5 Å². The van der Waals surface area contributed by atoms with Crippen LogP contribution >= 0.6 is 11.8 Å². The molecule has 2 aromatic carbocycles. The van der Waals surface area contributed by atoms with Crippen LogP contribution in [-0.2, 0) is 30.0 Å². The lowest BCUT2D eigenvalue weighted by Crippen LogP contribution is -2.21. The number of carbonyl (C=O) groups excluding carboxylic acids is 2. The van der Waals surface area contributed by atoms with E-state index in [1.54, 1.807) is 50.0 Å². The molecule has 0 fully saturated rings. The maximum absolute atomic E-state index is 12.4. The first-order valence-corrected chi connectivity index (χ1v) is 14.9. The second-order valence-electron chi connectivity index (χ2n) is 9.77. The molecule has 1 amide bonds. The van der Waals surface area contributed by atoms with Crippen molar-refractivity contribution in [3.05, 3.63) is 76.0 Å². The van der Waals surface area contributed by atoms with Gasteiger partial charge in [0.05, 0.1) is 29.7 Å². The molecule has 2 aromatic heterocycles. The number of fused-ring (bicyclic) bond motifs is 1. The largest absolute Gasteiger partial charge is 0.462 e. The summed E-state index contributed by atoms with van der Waals surface area (Å²) in [5.41, 5.74) is 1.71. The first-order valence-electron chi connectivity index (χ1n) is 13.9. The van der Waals surface area contributed by atoms with E-state index in [2.05, 4.69) is 20.6 Å². The summed E-state index contributed by atoms with van der Waals surface area (Å²) in [5, 5.41) is 18.4. The molecule has 0 aliphatic rings. The minimum atomic E-state index is -0.395. The smallest absolute Gasteiger partial charge is 0.338 e. The zero-order valence-electron chi connectivity index (χ0n) is 23.8. The summed E-state index contributed by atoms with van der Waals surface area (Å²) in [5.74, 6) is 1.29. The number of aromatic nitrogens is 5. The summed E-state index contributed by atoms with van der Waals surface area (Å²) in [6, 6.07) is 14.3. The summed E-state index contributed by atoms with van der Waals surface area (Å²) in [4.78, 5) is 36.6. The van der Waals surface area contributed by atoms with Gasteiger partial charge in [-0.15, -0.1) is 10.2 Å². The third-order valence-electron chi connectivity index (χ3n) is 6.72. The van der Waals surface area contributed by atoms with Crippen molar-refractivity contribution in [1.29, 1.82) is 0 Å². The zero-order valence-corrected chi connectivity index (χ0v) is 24.6. The van der Waals surface area contributed by atoms with Crippen LogP contribution < -0.4 is 10.9 Å². The van der Waals surface area contributed by atoms with E-state index in [4.69, 9.17) is 4.74 Å². The van der Waals surface area contributed by atoms with Crippen LogP contribution in [0.5, 0.6) is 0 Å². The van der Waals surface area contributed by atoms with Crippen molar-refractivity contribution >= 4 is 40.1 Å². The Kier molecular flexibility index (Phi) is 10.7. The topological polar surface area (TPSA) is 121 Å². The zero-order chi connectivity index (χ0) is 29.2. The predicted molar refractivity (Wildman–Crippen MR) is 160 cm³/mol. The molecular weight excluding hydrogens is 540 g/mol. The molecule has 0 aliphatic carbocycles. The molecule has 4 rings (SSSR count). The van der Waals surface area contributed by atoms with Gasteiger partial charge in [0.2, 0.25) is 5.91 Å². The summed E-state index contributed by atoms with van der Waals surface area (Å²) in [7, 11) is 3.62. The molecule has 4 aromatic rings. The van der Waals surface area contributed by atoms with Gasteiger partial charge in [-0.3, -0.25) is 9.59 Å². The van der Waals surface area contributed by atoms with Crippen LogP contribution in [-0.4, -0.2) is 48.8 Å². The van der Waals surface area contributed by atoms with Gasteiger partial charge >= 0.3 is 5.97 Å². The second-order valence-corrected chi connectivity index (χ2v) is 10.8. The van der Waals surface area contributed by atoms with E-state index in [0.717, 1.165) is 59.9 Å². The number of amides is 1. The Morgan fingerprint density at radius 1 is 0.951 bits per heavy atom. The van der Waals surface area contributed by atoms with Crippen molar-refractivity contribution in [2.75, 3.05) is 17.7 Å². The van der Waals surface area contributed by atoms with Crippen molar-refractivity contribution in [1.82, 2.24) is 24.5 Å². The number of ether oxygens (including phenoxy) is 1. The third-order valence-corrected chi connectivity index (χ3v) is 7.83. The maximum atomic E-state index is 12.4. The summed E-state index contributed by atoms with van der Waals surface area (Å²) in [6.07, 6.45) is 5.92. The van der Waals surface area contributed by atoms with E-state index in [1.165, 1.54) is 4.68 Å². The molecule has 0 unspecified atom stereocenters. The molecule has 2 heterocycles. The minimum absolute atomic E-state index is 0.0550. The van der Waals surface area contributed by atoms with Gasteiger partial charge < -0.3 is 14.6 Å². The van der Waals surface area contributed by atoms with Gasteiger partial charge in [-0.2, -0.15) is 5.10 Å². The van der Waals surface area contributed by atoms with Crippen molar-refractivity contribution in [3.63, 3.8) is 0 Å². The molecular formula is C30H36N6O4S. The van der Waals surface area contributed by atoms with Crippen molar-refractivity contribution in [3.8, 4) is 0 Å². The fourth-order valence-corrected chi connectivity index (χ4v) is 5.45. The minimum Gasteiger partial charge on any atom is -0.462 e. The second kappa shape index (κ2) is 14.6. The van der Waals surface area contributed by atoms with Gasteiger partial charge in [0, 0.05) is 37.3 Å². The van der Waals surface area contributed by atoms with Gasteiger partial charge in [0.1, 0.15) is 5.82 Å². The van der Waals surface area contributed by atoms with Crippen LogP contribution in [0.4, 0.5) is 5.69 Å². The molecule has 0 radical (unpaired) electrons. The molecule has 216 valence electrons. The first-order chi connectivity index (χ1) is 19.9. The Bertz CT molecular complexity index is 1560. The lowest BCUT2D eigenvalue weighted by atomic mass is 10.1. The molecule has 0 spiro atoms. The average molecular weight is 577 g/mol. The number of aryl methyl sites for hydroxylation is 1. The highest BCUT2D eigenvalue weighted by atomic mass is 32.2. The fraction of sp³-hybridized carbons (Fsp3) is 0.400. The Balaban J connectivity index is 1.15. The quantitative estimate of drug-likeness (QED) is 0.128. The predicted octanol–water partition coefficient (Wildman–Crippen LogP) is 4.90. The summed E-state index contributed by atoms with van der Waals surface area (Å²) in [6.45, 7) is 2.07. The molecule has 11 heteroatoms. The van der Waals surface area contributed by atoms with Crippen LogP contribution in [0.2, 0.25) is 0 Å². The van der Waals surface area contributed by atoms with E-state index in [0.29, 0.717) is 36.1 Å². The fourth-order valence-electron chi connectivity index (χ4n) is 4.52. The number of nitrogens with zero attached hydrogens (tertiary/aromatic N) is 5. The van der Waals surface area contributed by atoms with E-state index in [9.17, 15) is 14.4 Å². The molecule has 41 heavy (non-hydrogen) atoms. The van der Waals surface area contributed by atoms with E-state index in [1.807, 2.05) is 35.9 Å². The highest BCUT2D eigenvalue weighted by Crippen LogP contribution is 2.21. The lowest BCUT2D eigenvalue weighted by Gasteiger charge is -2.08. The highest BCUT2D eigenvalue weighted by molar-refractivity contribution is 7.99. The Morgan fingerprint density at radius 3 is 2.51 bits per heavy atom. The van der Waals surface area contributed by atoms with Crippen molar-refractivity contribution in [2.24, 2.45) is 14.1 Å². The molecule has 10 nitrogen and oxygen atoms in total. The summed E-state index contributed by atoms with van der Waals surface area (Å²) >= 11 is 1.68. The Hall–Kier alpha value is -3.99. The van der Waals surface area contributed by atoms with E-state index < -0.39 is 5.97 Å². The number of benzene rings is 2. The van der Waals surface area contributed by atoms with Crippen LogP contribution in [0, 0.1) is 0 Å². The highest BCUT2D eigenvalue weighted by Gasteiger charge is 2.15. The lowest BCUT2D eigenvalue weighted by molar-refractivity contribution is -0.116. The average Bonchev–Trinajstić information content (AvgIpc) is 3.31. The number of unbranched alkanes of at least 4 members (excludes halogenated alkanes) is 4. The monoisotopic (exact) mass is 576 g/mol. The molecule has 0 saturated heterocycles. The number of carbonyl (C=O) groups is 2. The number of anilines is 1. The van der Waals surface area contributed by atoms with Crippen LogP contribution in [0.25, 0.3) is 10.8 Å². The van der Waals surface area contributed by atoms with Gasteiger partial charge in [-0.05, 0) is 44.0 Å². The standard InChI is InChI=1S/C30H36N6O4S/c1-4-40-29(39)21-13-12-14-22(19-21)31-27(37)17-8-6-5-7-11-18-41-30-33-32-26(35(30)2)20-25-23-15-9-10-16-24(23)28(38)36(3)34-25/h9-10,12-16,19H,4-8,11,17-18,20H2,1-3H3,(H,31,37). The molecule has 0 bridgehead atoms. The van der Waals surface area contributed by atoms with Crippen molar-refractivity contribution < 1.29 is 14.3 Å². The van der Waals surface area contributed by atoms with Gasteiger partial charge in [0.15, 0.2) is 5.16 Å². The first kappa shape index (κ1) is 30.0. The van der Waals surface area contributed by atoms with Gasteiger partial charge in [-0.1, -0.05) is 55.3 Å². The third kappa shape index (κ3) is 8.03. The summed E-state index contributed by atoms with van der Waals surface area (Å²) < 4.78 is 8.38. The number of rotatable bonds is 14. The maximum Gasteiger partial charge on any atom is 0.338 e.